The summed E-state index contributed by atoms with van der Waals surface area (Å²) in [5.74, 6) is -0.267. The molecule has 0 atom stereocenters. The zero-order valence-corrected chi connectivity index (χ0v) is 12.5. The largest absolute Gasteiger partial charge is 0.493 e. The van der Waals surface area contributed by atoms with Gasteiger partial charge in [-0.3, -0.25) is 14.9 Å². The fourth-order valence-corrected chi connectivity index (χ4v) is 2.35. The van der Waals surface area contributed by atoms with Gasteiger partial charge < -0.3 is 9.15 Å². The van der Waals surface area contributed by atoms with E-state index in [0.29, 0.717) is 11.1 Å². The zero-order chi connectivity index (χ0) is 17.3. The van der Waals surface area contributed by atoms with E-state index in [0.717, 1.165) is 6.07 Å². The number of non-ortho nitro benzene ring substituents is 1. The molecule has 0 spiro atoms. The maximum absolute atomic E-state index is 12.5. The molecular formula is C17H11NO6. The predicted molar refractivity (Wildman–Crippen MR) is 85.6 cm³/mol. The van der Waals surface area contributed by atoms with Gasteiger partial charge in [0.2, 0.25) is 5.78 Å². The van der Waals surface area contributed by atoms with Gasteiger partial charge in [0.15, 0.2) is 11.3 Å². The monoisotopic (exact) mass is 325 g/mol. The third kappa shape index (κ3) is 2.63. The molecule has 24 heavy (non-hydrogen) atoms. The van der Waals surface area contributed by atoms with Gasteiger partial charge in [-0.05, 0) is 12.1 Å². The van der Waals surface area contributed by atoms with Crippen molar-refractivity contribution in [1.29, 1.82) is 0 Å². The molecule has 0 radical (unpaired) electrons. The van der Waals surface area contributed by atoms with Crippen LogP contribution in [0.4, 0.5) is 5.69 Å². The second-order valence-corrected chi connectivity index (χ2v) is 4.96. The van der Waals surface area contributed by atoms with Crippen LogP contribution in [0.1, 0.15) is 15.9 Å². The van der Waals surface area contributed by atoms with Gasteiger partial charge in [-0.2, -0.15) is 0 Å². The lowest BCUT2D eigenvalue weighted by molar-refractivity contribution is -0.384. The third-order valence-corrected chi connectivity index (χ3v) is 3.51. The molecule has 0 bridgehead atoms. The molecule has 0 fully saturated rings. The number of rotatable bonds is 4. The first-order valence-corrected chi connectivity index (χ1v) is 6.91. The standard InChI is InChI=1S/C17H11NO6/c1-23-14-7-3-5-11-9-13(17(20)24-16(11)14)15(19)10-4-2-6-12(8-10)18(21)22/h2-9H,1H3. The van der Waals surface area contributed by atoms with Crippen molar-refractivity contribution in [2.45, 2.75) is 0 Å². The molecule has 1 aromatic heterocycles. The van der Waals surface area contributed by atoms with E-state index in [1.54, 1.807) is 18.2 Å². The number of methoxy groups -OCH3 is 1. The van der Waals surface area contributed by atoms with Crippen molar-refractivity contribution in [2.24, 2.45) is 0 Å². The van der Waals surface area contributed by atoms with Gasteiger partial charge in [0.25, 0.3) is 5.69 Å². The summed E-state index contributed by atoms with van der Waals surface area (Å²) in [5.41, 5.74) is -0.980. The maximum atomic E-state index is 12.5. The second kappa shape index (κ2) is 5.96. The number of hydrogen-bond donors (Lipinski definition) is 0. The SMILES string of the molecule is COc1cccc2cc(C(=O)c3cccc([N+](=O)[O-])c3)c(=O)oc12. The molecule has 0 aliphatic heterocycles. The van der Waals surface area contributed by atoms with Crippen LogP contribution >= 0.6 is 0 Å². The summed E-state index contributed by atoms with van der Waals surface area (Å²) in [6, 6.07) is 11.6. The molecule has 0 aliphatic carbocycles. The topological polar surface area (TPSA) is 99.6 Å². The highest BCUT2D eigenvalue weighted by Crippen LogP contribution is 2.25. The Morgan fingerprint density at radius 1 is 1.17 bits per heavy atom. The number of nitro benzene ring substituents is 1. The molecule has 0 N–H and O–H groups in total. The molecule has 3 aromatic rings. The number of nitro groups is 1. The van der Waals surface area contributed by atoms with E-state index in [1.165, 1.54) is 31.4 Å². The lowest BCUT2D eigenvalue weighted by Gasteiger charge is -2.05. The molecule has 120 valence electrons. The number of nitrogens with zero attached hydrogens (tertiary/aromatic N) is 1. The number of carbonyl (C=O) groups excluding carboxylic acids is 1. The molecule has 7 heteroatoms. The van der Waals surface area contributed by atoms with E-state index in [1.807, 2.05) is 0 Å². The van der Waals surface area contributed by atoms with Crippen LogP contribution in [-0.4, -0.2) is 17.8 Å². The molecule has 0 aliphatic rings. The van der Waals surface area contributed by atoms with E-state index in [2.05, 4.69) is 0 Å². The molecule has 0 saturated carbocycles. The van der Waals surface area contributed by atoms with E-state index < -0.39 is 16.3 Å². The highest BCUT2D eigenvalue weighted by atomic mass is 16.6. The summed E-state index contributed by atoms with van der Waals surface area (Å²) in [5, 5.41) is 11.3. The van der Waals surface area contributed by atoms with Crippen molar-refractivity contribution in [3.8, 4) is 5.75 Å². The Morgan fingerprint density at radius 2 is 1.92 bits per heavy atom. The quantitative estimate of drug-likeness (QED) is 0.316. The van der Waals surface area contributed by atoms with Crippen molar-refractivity contribution in [3.63, 3.8) is 0 Å². The minimum Gasteiger partial charge on any atom is -0.493 e. The molecule has 2 aromatic carbocycles. The maximum Gasteiger partial charge on any atom is 0.347 e. The Kier molecular flexibility index (Phi) is 3.83. The minimum atomic E-state index is -0.830. The van der Waals surface area contributed by atoms with Crippen molar-refractivity contribution >= 4 is 22.4 Å². The molecule has 3 rings (SSSR count). The van der Waals surface area contributed by atoms with E-state index in [4.69, 9.17) is 9.15 Å². The smallest absolute Gasteiger partial charge is 0.347 e. The highest BCUT2D eigenvalue weighted by Gasteiger charge is 2.19. The summed E-state index contributed by atoms with van der Waals surface area (Å²) in [6.07, 6.45) is 0. The molecule has 1 heterocycles. The van der Waals surface area contributed by atoms with E-state index >= 15 is 0 Å². The van der Waals surface area contributed by atoms with Gasteiger partial charge >= 0.3 is 5.63 Å². The van der Waals surface area contributed by atoms with Crippen LogP contribution in [0.3, 0.4) is 0 Å². The van der Waals surface area contributed by atoms with Crippen LogP contribution in [0.25, 0.3) is 11.0 Å². The Morgan fingerprint density at radius 3 is 2.62 bits per heavy atom. The Labute approximate surface area is 135 Å². The Bertz CT molecular complexity index is 1020. The first kappa shape index (κ1) is 15.4. The van der Waals surface area contributed by atoms with Crippen LogP contribution in [0.2, 0.25) is 0 Å². The molecule has 0 unspecified atom stereocenters. The second-order valence-electron chi connectivity index (χ2n) is 4.96. The van der Waals surface area contributed by atoms with Crippen molar-refractivity contribution in [1.82, 2.24) is 0 Å². The number of ketones is 1. The third-order valence-electron chi connectivity index (χ3n) is 3.51. The molecule has 7 nitrogen and oxygen atoms in total. The lowest BCUT2D eigenvalue weighted by Crippen LogP contribution is -2.15. The van der Waals surface area contributed by atoms with Gasteiger partial charge in [-0.15, -0.1) is 0 Å². The van der Waals surface area contributed by atoms with E-state index in [-0.39, 0.29) is 22.4 Å². The van der Waals surface area contributed by atoms with Gasteiger partial charge in [0.05, 0.1) is 12.0 Å². The van der Waals surface area contributed by atoms with Crippen LogP contribution in [-0.2, 0) is 0 Å². The van der Waals surface area contributed by atoms with Crippen molar-refractivity contribution < 1.29 is 18.9 Å². The fourth-order valence-electron chi connectivity index (χ4n) is 2.35. The normalized spacial score (nSPS) is 10.5. The average Bonchev–Trinajstić information content (AvgIpc) is 2.60. The van der Waals surface area contributed by atoms with Crippen molar-refractivity contribution in [2.75, 3.05) is 7.11 Å². The zero-order valence-electron chi connectivity index (χ0n) is 12.5. The lowest BCUT2D eigenvalue weighted by atomic mass is 10.0. The van der Waals surface area contributed by atoms with Crippen LogP contribution in [0, 0.1) is 10.1 Å². The Hall–Kier alpha value is -3.48. The first-order chi connectivity index (χ1) is 11.5. The number of fused-ring (bicyclic) bond motifs is 1. The number of hydrogen-bond acceptors (Lipinski definition) is 6. The van der Waals surface area contributed by atoms with Crippen LogP contribution < -0.4 is 10.4 Å². The summed E-state index contributed by atoms with van der Waals surface area (Å²) >= 11 is 0. The fraction of sp³-hybridized carbons (Fsp3) is 0.0588. The number of carbonyl (C=O) groups is 1. The van der Waals surface area contributed by atoms with Crippen LogP contribution in [0.5, 0.6) is 5.75 Å². The minimum absolute atomic E-state index is 0.0405. The van der Waals surface area contributed by atoms with Gasteiger partial charge in [0, 0.05) is 23.1 Å². The summed E-state index contributed by atoms with van der Waals surface area (Å²) in [7, 11) is 1.44. The number of benzene rings is 2. The van der Waals surface area contributed by atoms with Crippen LogP contribution in [0.15, 0.2) is 57.7 Å². The van der Waals surface area contributed by atoms with E-state index in [9.17, 15) is 19.7 Å². The molecule has 0 saturated heterocycles. The van der Waals surface area contributed by atoms with Gasteiger partial charge in [-0.1, -0.05) is 24.3 Å². The van der Waals surface area contributed by atoms with Gasteiger partial charge in [-0.25, -0.2) is 4.79 Å². The Balaban J connectivity index is 2.14. The highest BCUT2D eigenvalue weighted by molar-refractivity contribution is 6.10. The number of para-hydroxylation sites is 1. The summed E-state index contributed by atoms with van der Waals surface area (Å²) in [4.78, 5) is 34.9. The average molecular weight is 325 g/mol. The summed E-state index contributed by atoms with van der Waals surface area (Å²) in [6.45, 7) is 0. The predicted octanol–water partition coefficient (Wildman–Crippen LogP) is 2.94. The summed E-state index contributed by atoms with van der Waals surface area (Å²) < 4.78 is 10.3. The molecule has 0 amide bonds. The van der Waals surface area contributed by atoms with Crippen molar-refractivity contribution in [3.05, 3.63) is 80.2 Å². The molecular weight excluding hydrogens is 314 g/mol. The van der Waals surface area contributed by atoms with Gasteiger partial charge in [0.1, 0.15) is 5.56 Å². The first-order valence-electron chi connectivity index (χ1n) is 6.91. The number of ether oxygens (including phenoxy) is 1.